The number of amidine groups is 1. The molecule has 0 spiro atoms. The molecule has 1 aliphatic heterocycles. The first kappa shape index (κ1) is 20.7. The first-order chi connectivity index (χ1) is 13.3. The first-order valence-electron chi connectivity index (χ1n) is 8.61. The van der Waals surface area contributed by atoms with Crippen LogP contribution in [0.2, 0.25) is 10.0 Å². The van der Waals surface area contributed by atoms with E-state index in [0.717, 1.165) is 16.8 Å². The highest BCUT2D eigenvalue weighted by Crippen LogP contribution is 2.36. The summed E-state index contributed by atoms with van der Waals surface area (Å²) < 4.78 is 0. The standard InChI is InChI=1S/C20H19Cl2N3O2S/c1-11-6-4-7-12(2)18(11)24-16(26)10-15-19(27)25(3)20(28-15)23-14-9-5-8-13(21)17(14)22/h4-9,15H,10H2,1-3H3,(H,24,26). The molecule has 1 aliphatic rings. The van der Waals surface area contributed by atoms with Crippen molar-refractivity contribution in [2.75, 3.05) is 12.4 Å². The minimum Gasteiger partial charge on any atom is -0.326 e. The number of thioether (sulfide) groups is 1. The molecule has 0 aromatic heterocycles. The van der Waals surface area contributed by atoms with E-state index >= 15 is 0 Å². The quantitative estimate of drug-likeness (QED) is 0.717. The minimum atomic E-state index is -0.536. The number of halogens is 2. The van der Waals surface area contributed by atoms with Crippen molar-refractivity contribution in [2.45, 2.75) is 25.5 Å². The second-order valence-electron chi connectivity index (χ2n) is 6.49. The number of aliphatic imine (C=N–C) groups is 1. The van der Waals surface area contributed by atoms with E-state index in [-0.39, 0.29) is 18.2 Å². The van der Waals surface area contributed by atoms with E-state index in [0.29, 0.717) is 20.9 Å². The summed E-state index contributed by atoms with van der Waals surface area (Å²) in [6.45, 7) is 3.87. The Morgan fingerprint density at radius 2 is 1.82 bits per heavy atom. The number of nitrogens with one attached hydrogen (secondary N) is 1. The SMILES string of the molecule is Cc1cccc(C)c1NC(=O)CC1SC(=Nc2cccc(Cl)c2Cl)N(C)C1=O. The maximum atomic E-state index is 12.6. The lowest BCUT2D eigenvalue weighted by atomic mass is 10.1. The third-order valence-corrected chi connectivity index (χ3v) is 6.44. The summed E-state index contributed by atoms with van der Waals surface area (Å²) in [5.41, 5.74) is 3.23. The molecule has 5 nitrogen and oxygen atoms in total. The molecule has 1 heterocycles. The molecule has 0 bridgehead atoms. The molecule has 2 aromatic carbocycles. The van der Waals surface area contributed by atoms with Gasteiger partial charge >= 0.3 is 0 Å². The molecule has 146 valence electrons. The van der Waals surface area contributed by atoms with E-state index in [1.807, 2.05) is 32.0 Å². The third kappa shape index (κ3) is 4.35. The van der Waals surface area contributed by atoms with Crippen molar-refractivity contribution in [1.82, 2.24) is 4.90 Å². The molecule has 3 rings (SSSR count). The number of carbonyl (C=O) groups is 2. The number of amides is 2. The lowest BCUT2D eigenvalue weighted by Gasteiger charge is -2.12. The minimum absolute atomic E-state index is 0.0594. The van der Waals surface area contributed by atoms with Crippen LogP contribution in [0.1, 0.15) is 17.5 Å². The average molecular weight is 436 g/mol. The molecule has 0 saturated carbocycles. The molecule has 0 radical (unpaired) electrons. The molecule has 8 heteroatoms. The van der Waals surface area contributed by atoms with Crippen LogP contribution in [0.3, 0.4) is 0 Å². The number of carbonyl (C=O) groups excluding carboxylic acids is 2. The number of nitrogens with zero attached hydrogens (tertiary/aromatic N) is 2. The van der Waals surface area contributed by atoms with Crippen molar-refractivity contribution >= 4 is 63.3 Å². The van der Waals surface area contributed by atoms with Crippen molar-refractivity contribution in [1.29, 1.82) is 0 Å². The number of hydrogen-bond acceptors (Lipinski definition) is 4. The normalized spacial score (nSPS) is 18.0. The summed E-state index contributed by atoms with van der Waals surface area (Å²) >= 11 is 13.5. The Hall–Kier alpha value is -2.02. The average Bonchev–Trinajstić information content (AvgIpc) is 2.90. The highest BCUT2D eigenvalue weighted by molar-refractivity contribution is 8.15. The fraction of sp³-hybridized carbons (Fsp3) is 0.250. The zero-order chi connectivity index (χ0) is 20.4. The third-order valence-electron chi connectivity index (χ3n) is 4.40. The number of aryl methyl sites for hydroxylation is 2. The summed E-state index contributed by atoms with van der Waals surface area (Å²) in [5.74, 6) is -0.378. The Kier molecular flexibility index (Phi) is 6.33. The molecule has 28 heavy (non-hydrogen) atoms. The van der Waals surface area contributed by atoms with Gasteiger partial charge in [0.05, 0.1) is 15.7 Å². The Bertz CT molecular complexity index is 958. The molecule has 2 amide bonds. The topological polar surface area (TPSA) is 61.8 Å². The molecular formula is C20H19Cl2N3O2S. The molecule has 0 aliphatic carbocycles. The predicted octanol–water partition coefficient (Wildman–Crippen LogP) is 5.20. The molecule has 1 N–H and O–H groups in total. The number of anilines is 1. The number of para-hydroxylation sites is 1. The van der Waals surface area contributed by atoms with E-state index in [2.05, 4.69) is 10.3 Å². The van der Waals surface area contributed by atoms with Gasteiger partial charge in [0.15, 0.2) is 5.17 Å². The van der Waals surface area contributed by atoms with Crippen LogP contribution in [0.15, 0.2) is 41.4 Å². The highest BCUT2D eigenvalue weighted by Gasteiger charge is 2.37. The second-order valence-corrected chi connectivity index (χ2v) is 8.45. The van der Waals surface area contributed by atoms with Gasteiger partial charge in [0.2, 0.25) is 11.8 Å². The van der Waals surface area contributed by atoms with Crippen LogP contribution in [0, 0.1) is 13.8 Å². The molecule has 1 saturated heterocycles. The number of rotatable bonds is 4. The van der Waals surface area contributed by atoms with E-state index in [9.17, 15) is 9.59 Å². The summed E-state index contributed by atoms with van der Waals surface area (Å²) in [7, 11) is 1.63. The van der Waals surface area contributed by atoms with Gasteiger partial charge in [0.25, 0.3) is 0 Å². The van der Waals surface area contributed by atoms with Gasteiger partial charge in [-0.15, -0.1) is 0 Å². The Morgan fingerprint density at radius 3 is 2.50 bits per heavy atom. The fourth-order valence-corrected chi connectivity index (χ4v) is 4.33. The molecule has 2 aromatic rings. The van der Waals surface area contributed by atoms with Gasteiger partial charge in [0.1, 0.15) is 5.25 Å². The van der Waals surface area contributed by atoms with Crippen molar-refractivity contribution < 1.29 is 9.59 Å². The van der Waals surface area contributed by atoms with E-state index in [1.165, 1.54) is 16.7 Å². The first-order valence-corrected chi connectivity index (χ1v) is 10.2. The van der Waals surface area contributed by atoms with Crippen LogP contribution in [0.4, 0.5) is 11.4 Å². The summed E-state index contributed by atoms with van der Waals surface area (Å²) in [6.07, 6.45) is 0.0594. The summed E-state index contributed by atoms with van der Waals surface area (Å²) in [6, 6.07) is 10.9. The van der Waals surface area contributed by atoms with Crippen molar-refractivity contribution in [3.8, 4) is 0 Å². The van der Waals surface area contributed by atoms with Gasteiger partial charge in [-0.25, -0.2) is 4.99 Å². The van der Waals surface area contributed by atoms with Gasteiger partial charge in [-0.1, -0.05) is 59.2 Å². The van der Waals surface area contributed by atoms with Crippen LogP contribution in [0.25, 0.3) is 0 Å². The van der Waals surface area contributed by atoms with Crippen LogP contribution < -0.4 is 5.32 Å². The van der Waals surface area contributed by atoms with Crippen LogP contribution in [0.5, 0.6) is 0 Å². The highest BCUT2D eigenvalue weighted by atomic mass is 35.5. The Balaban J connectivity index is 1.74. The van der Waals surface area contributed by atoms with E-state index in [4.69, 9.17) is 23.2 Å². The number of benzene rings is 2. The lowest BCUT2D eigenvalue weighted by molar-refractivity contribution is -0.127. The molecule has 1 atom stereocenters. The van der Waals surface area contributed by atoms with Crippen LogP contribution >= 0.6 is 35.0 Å². The predicted molar refractivity (Wildman–Crippen MR) is 117 cm³/mol. The maximum Gasteiger partial charge on any atom is 0.242 e. The van der Waals surface area contributed by atoms with Crippen LogP contribution in [-0.4, -0.2) is 34.2 Å². The smallest absolute Gasteiger partial charge is 0.242 e. The van der Waals surface area contributed by atoms with Crippen molar-refractivity contribution in [3.63, 3.8) is 0 Å². The van der Waals surface area contributed by atoms with Gasteiger partial charge < -0.3 is 5.32 Å². The Labute approximate surface area is 178 Å². The van der Waals surface area contributed by atoms with Gasteiger partial charge in [-0.05, 0) is 37.1 Å². The van der Waals surface area contributed by atoms with E-state index < -0.39 is 5.25 Å². The van der Waals surface area contributed by atoms with Gasteiger partial charge in [-0.3, -0.25) is 14.5 Å². The summed E-state index contributed by atoms with van der Waals surface area (Å²) in [4.78, 5) is 31.0. The van der Waals surface area contributed by atoms with Gasteiger partial charge in [0, 0.05) is 19.2 Å². The van der Waals surface area contributed by atoms with Crippen molar-refractivity contribution in [3.05, 3.63) is 57.6 Å². The van der Waals surface area contributed by atoms with Crippen molar-refractivity contribution in [2.24, 2.45) is 4.99 Å². The molecule has 1 unspecified atom stereocenters. The van der Waals surface area contributed by atoms with E-state index in [1.54, 1.807) is 25.2 Å². The molecular weight excluding hydrogens is 417 g/mol. The fourth-order valence-electron chi connectivity index (χ4n) is 2.85. The van der Waals surface area contributed by atoms with Gasteiger partial charge in [-0.2, -0.15) is 0 Å². The number of hydrogen-bond donors (Lipinski definition) is 1. The lowest BCUT2D eigenvalue weighted by Crippen LogP contribution is -2.30. The zero-order valence-corrected chi connectivity index (χ0v) is 18.0. The summed E-state index contributed by atoms with van der Waals surface area (Å²) in [5, 5.41) is 3.59. The molecule has 1 fully saturated rings. The maximum absolute atomic E-state index is 12.6. The second kappa shape index (κ2) is 8.55. The largest absolute Gasteiger partial charge is 0.326 e. The Morgan fingerprint density at radius 1 is 1.18 bits per heavy atom. The zero-order valence-electron chi connectivity index (χ0n) is 15.6. The monoisotopic (exact) mass is 435 g/mol. The van der Waals surface area contributed by atoms with Crippen LogP contribution in [-0.2, 0) is 9.59 Å².